The fourth-order valence-electron chi connectivity index (χ4n) is 2.85. The summed E-state index contributed by atoms with van der Waals surface area (Å²) in [6, 6.07) is 24.0. The van der Waals surface area contributed by atoms with Crippen molar-refractivity contribution in [3.8, 4) is 5.75 Å². The molecule has 0 fully saturated rings. The van der Waals surface area contributed by atoms with Crippen LogP contribution in [0.15, 0.2) is 96.7 Å². The van der Waals surface area contributed by atoms with E-state index in [0.717, 1.165) is 11.1 Å². The van der Waals surface area contributed by atoms with Gasteiger partial charge < -0.3 is 15.4 Å². The van der Waals surface area contributed by atoms with Gasteiger partial charge in [0.05, 0.1) is 12.7 Å². The maximum absolute atomic E-state index is 12.9. The molecule has 3 aromatic rings. The van der Waals surface area contributed by atoms with Crippen LogP contribution in [-0.2, 0) is 4.79 Å². The van der Waals surface area contributed by atoms with E-state index in [2.05, 4.69) is 10.6 Å². The van der Waals surface area contributed by atoms with Crippen molar-refractivity contribution >= 4 is 23.6 Å². The van der Waals surface area contributed by atoms with E-state index in [1.165, 1.54) is 7.11 Å². The molecule has 0 aromatic heterocycles. The van der Waals surface area contributed by atoms with Gasteiger partial charge in [-0.1, -0.05) is 72.3 Å². The topological polar surface area (TPSA) is 67.4 Å². The molecule has 0 saturated heterocycles. The van der Waals surface area contributed by atoms with Crippen molar-refractivity contribution in [2.75, 3.05) is 12.4 Å². The number of anilines is 1. The van der Waals surface area contributed by atoms with E-state index in [1.54, 1.807) is 36.4 Å². The molecule has 3 aromatic carbocycles. The molecule has 5 heteroatoms. The predicted molar refractivity (Wildman–Crippen MR) is 124 cm³/mol. The Labute approximate surface area is 182 Å². The molecular weight excluding hydrogens is 388 g/mol. The van der Waals surface area contributed by atoms with Crippen LogP contribution in [0.4, 0.5) is 5.69 Å². The molecule has 31 heavy (non-hydrogen) atoms. The fraction of sp³-hybridized carbons (Fsp3) is 0.0769. The van der Waals surface area contributed by atoms with Crippen LogP contribution in [0.2, 0.25) is 0 Å². The third-order valence-corrected chi connectivity index (χ3v) is 4.50. The lowest BCUT2D eigenvalue weighted by Gasteiger charge is -2.12. The first-order chi connectivity index (χ1) is 15.1. The standard InChI is InChI=1S/C26H24N2O3/c1-19-15-17-21(18-16-19)27-26(30)23(13-8-11-20-9-4-3-5-10-20)28-25(29)22-12-6-7-14-24(22)31-2/h3-18H,1-2H3,(H,27,30)(H,28,29)/b11-8+,23-13-. The van der Waals surface area contributed by atoms with Crippen LogP contribution in [0.3, 0.4) is 0 Å². The lowest BCUT2D eigenvalue weighted by molar-refractivity contribution is -0.113. The Morgan fingerprint density at radius 1 is 0.871 bits per heavy atom. The number of carbonyl (C=O) groups is 2. The molecule has 156 valence electrons. The molecule has 0 aliphatic heterocycles. The average Bonchev–Trinajstić information content (AvgIpc) is 2.80. The van der Waals surface area contributed by atoms with Gasteiger partial charge in [0.1, 0.15) is 11.4 Å². The van der Waals surface area contributed by atoms with Crippen LogP contribution < -0.4 is 15.4 Å². The molecule has 2 amide bonds. The van der Waals surface area contributed by atoms with Crippen LogP contribution >= 0.6 is 0 Å². The van der Waals surface area contributed by atoms with Gasteiger partial charge in [-0.2, -0.15) is 0 Å². The smallest absolute Gasteiger partial charge is 0.272 e. The maximum atomic E-state index is 12.9. The molecule has 0 spiro atoms. The summed E-state index contributed by atoms with van der Waals surface area (Å²) in [5, 5.41) is 5.52. The zero-order valence-corrected chi connectivity index (χ0v) is 17.5. The second kappa shape index (κ2) is 10.6. The molecule has 0 aliphatic carbocycles. The summed E-state index contributed by atoms with van der Waals surface area (Å²) in [4.78, 5) is 25.7. The number of benzene rings is 3. The number of allylic oxidation sites excluding steroid dienone is 2. The quantitative estimate of drug-likeness (QED) is 0.425. The molecule has 0 aliphatic rings. The number of amides is 2. The van der Waals surface area contributed by atoms with Crippen molar-refractivity contribution in [3.05, 3.63) is 113 Å². The first-order valence-electron chi connectivity index (χ1n) is 9.82. The molecule has 0 bridgehead atoms. The number of nitrogens with one attached hydrogen (secondary N) is 2. The molecule has 0 radical (unpaired) electrons. The van der Waals surface area contributed by atoms with Gasteiger partial charge in [-0.25, -0.2) is 0 Å². The monoisotopic (exact) mass is 412 g/mol. The predicted octanol–water partition coefficient (Wildman–Crippen LogP) is 4.97. The van der Waals surface area contributed by atoms with Gasteiger partial charge >= 0.3 is 0 Å². The first-order valence-corrected chi connectivity index (χ1v) is 9.82. The van der Waals surface area contributed by atoms with Crippen LogP contribution in [-0.4, -0.2) is 18.9 Å². The second-order valence-corrected chi connectivity index (χ2v) is 6.82. The number of hydrogen-bond donors (Lipinski definition) is 2. The van der Waals surface area contributed by atoms with Crippen LogP contribution in [0.5, 0.6) is 5.75 Å². The molecule has 0 atom stereocenters. The second-order valence-electron chi connectivity index (χ2n) is 6.82. The minimum atomic E-state index is -0.434. The van der Waals surface area contributed by atoms with Gasteiger partial charge in [0, 0.05) is 5.69 Å². The van der Waals surface area contributed by atoms with Crippen LogP contribution in [0.25, 0.3) is 6.08 Å². The van der Waals surface area contributed by atoms with E-state index in [1.807, 2.05) is 67.6 Å². The summed E-state index contributed by atoms with van der Waals surface area (Å²) >= 11 is 0. The van der Waals surface area contributed by atoms with Crippen molar-refractivity contribution in [2.45, 2.75) is 6.92 Å². The lowest BCUT2D eigenvalue weighted by Crippen LogP contribution is -2.31. The Bertz CT molecular complexity index is 1100. The lowest BCUT2D eigenvalue weighted by atomic mass is 10.1. The van der Waals surface area contributed by atoms with E-state index < -0.39 is 11.8 Å². The minimum absolute atomic E-state index is 0.115. The zero-order chi connectivity index (χ0) is 22.1. The minimum Gasteiger partial charge on any atom is -0.496 e. The van der Waals surface area contributed by atoms with E-state index >= 15 is 0 Å². The maximum Gasteiger partial charge on any atom is 0.272 e. The van der Waals surface area contributed by atoms with Crippen LogP contribution in [0, 0.1) is 6.92 Å². The highest BCUT2D eigenvalue weighted by atomic mass is 16.5. The number of carbonyl (C=O) groups excluding carboxylic acids is 2. The fourth-order valence-corrected chi connectivity index (χ4v) is 2.85. The highest BCUT2D eigenvalue weighted by molar-refractivity contribution is 6.09. The van der Waals surface area contributed by atoms with Gasteiger partial charge in [0.15, 0.2) is 0 Å². The number of hydrogen-bond acceptors (Lipinski definition) is 3. The van der Waals surface area contributed by atoms with Crippen molar-refractivity contribution < 1.29 is 14.3 Å². The third-order valence-electron chi connectivity index (χ3n) is 4.50. The first kappa shape index (κ1) is 21.6. The van der Waals surface area contributed by atoms with Crippen molar-refractivity contribution in [1.29, 1.82) is 0 Å². The van der Waals surface area contributed by atoms with Gasteiger partial charge in [-0.3, -0.25) is 9.59 Å². The zero-order valence-electron chi connectivity index (χ0n) is 17.5. The van der Waals surface area contributed by atoms with Gasteiger partial charge in [-0.15, -0.1) is 0 Å². The summed E-state index contributed by atoms with van der Waals surface area (Å²) in [6.45, 7) is 1.97. The normalized spacial score (nSPS) is 11.2. The Kier molecular flexibility index (Phi) is 7.38. The van der Waals surface area contributed by atoms with Gasteiger partial charge in [-0.05, 0) is 42.8 Å². The van der Waals surface area contributed by atoms with Crippen molar-refractivity contribution in [2.24, 2.45) is 0 Å². The summed E-state index contributed by atoms with van der Waals surface area (Å²) in [5.41, 5.74) is 3.16. The van der Waals surface area contributed by atoms with Crippen molar-refractivity contribution in [3.63, 3.8) is 0 Å². The molecule has 0 unspecified atom stereocenters. The molecule has 0 heterocycles. The summed E-state index contributed by atoms with van der Waals surface area (Å²) in [6.07, 6.45) is 5.15. The highest BCUT2D eigenvalue weighted by Crippen LogP contribution is 2.18. The van der Waals surface area contributed by atoms with Gasteiger partial charge in [0.25, 0.3) is 11.8 Å². The number of ether oxygens (including phenoxy) is 1. The van der Waals surface area contributed by atoms with Gasteiger partial charge in [0.2, 0.25) is 0 Å². The number of para-hydroxylation sites is 1. The Morgan fingerprint density at radius 3 is 2.26 bits per heavy atom. The molecule has 3 rings (SSSR count). The largest absolute Gasteiger partial charge is 0.496 e. The Hall–Kier alpha value is -4.12. The van der Waals surface area contributed by atoms with E-state index in [-0.39, 0.29) is 5.70 Å². The Balaban J connectivity index is 1.84. The van der Waals surface area contributed by atoms with E-state index in [4.69, 9.17) is 4.74 Å². The van der Waals surface area contributed by atoms with Crippen LogP contribution in [0.1, 0.15) is 21.5 Å². The summed E-state index contributed by atoms with van der Waals surface area (Å²) in [5.74, 6) is -0.432. The van der Waals surface area contributed by atoms with E-state index in [0.29, 0.717) is 17.0 Å². The average molecular weight is 412 g/mol. The number of rotatable bonds is 7. The highest BCUT2D eigenvalue weighted by Gasteiger charge is 2.17. The number of methoxy groups -OCH3 is 1. The molecular formula is C26H24N2O3. The summed E-state index contributed by atoms with van der Waals surface area (Å²) < 4.78 is 5.26. The van der Waals surface area contributed by atoms with E-state index in [9.17, 15) is 9.59 Å². The summed E-state index contributed by atoms with van der Waals surface area (Å²) in [7, 11) is 1.50. The SMILES string of the molecule is COc1ccccc1C(=O)N/C(=C\C=C\c1ccccc1)C(=O)Nc1ccc(C)cc1. The molecule has 5 nitrogen and oxygen atoms in total. The Morgan fingerprint density at radius 2 is 1.55 bits per heavy atom. The third kappa shape index (κ3) is 6.18. The molecule has 0 saturated carbocycles. The number of aryl methyl sites for hydroxylation is 1. The molecule has 2 N–H and O–H groups in total. The van der Waals surface area contributed by atoms with Crippen molar-refractivity contribution in [1.82, 2.24) is 5.32 Å².